The average Bonchev–Trinajstić information content (AvgIpc) is 2.64. The van der Waals surface area contributed by atoms with Gasteiger partial charge in [-0.1, -0.05) is 12.2 Å². The highest BCUT2D eigenvalue weighted by molar-refractivity contribution is 4.91. The molecule has 3 aliphatic rings. The summed E-state index contributed by atoms with van der Waals surface area (Å²) in [4.78, 5) is 0. The fraction of sp³-hybridized carbons (Fsp3) is 0.913. The van der Waals surface area contributed by atoms with Gasteiger partial charge >= 0.3 is 0 Å². The molecule has 0 spiro atoms. The van der Waals surface area contributed by atoms with Crippen LogP contribution in [-0.2, 0) is 4.74 Å². The number of rotatable bonds is 5. The second-order valence-electron chi connectivity index (χ2n) is 9.11. The number of methoxy groups -OCH3 is 1. The van der Waals surface area contributed by atoms with Gasteiger partial charge in [-0.15, -0.1) is 0 Å². The van der Waals surface area contributed by atoms with Gasteiger partial charge in [0.05, 0.1) is 0 Å². The van der Waals surface area contributed by atoms with Crippen molar-refractivity contribution in [2.24, 2.45) is 35.5 Å². The van der Waals surface area contributed by atoms with E-state index in [-0.39, 0.29) is 0 Å². The van der Waals surface area contributed by atoms with Crippen LogP contribution in [-0.4, -0.2) is 13.7 Å². The van der Waals surface area contributed by atoms with Crippen molar-refractivity contribution < 1.29 is 4.74 Å². The molecule has 0 heterocycles. The molecule has 0 aromatic heterocycles. The molecular weight excluding hydrogens is 292 g/mol. The molecule has 0 bridgehead atoms. The Labute approximate surface area is 150 Å². The van der Waals surface area contributed by atoms with Crippen LogP contribution in [0.1, 0.15) is 84.0 Å². The van der Waals surface area contributed by atoms with Crippen LogP contribution in [0.3, 0.4) is 0 Å². The summed E-state index contributed by atoms with van der Waals surface area (Å²) in [6.07, 6.45) is 22.6. The van der Waals surface area contributed by atoms with Gasteiger partial charge in [0, 0.05) is 13.7 Å². The fourth-order valence-electron chi connectivity index (χ4n) is 6.23. The van der Waals surface area contributed by atoms with E-state index in [1.807, 2.05) is 7.11 Å². The van der Waals surface area contributed by atoms with Gasteiger partial charge in [-0.2, -0.15) is 0 Å². The molecule has 3 rings (SSSR count). The molecule has 1 heteroatoms. The Balaban J connectivity index is 1.37. The monoisotopic (exact) mass is 332 g/mol. The third kappa shape index (κ3) is 4.87. The van der Waals surface area contributed by atoms with E-state index in [9.17, 15) is 0 Å². The topological polar surface area (TPSA) is 9.23 Å². The van der Waals surface area contributed by atoms with Crippen molar-refractivity contribution >= 4 is 0 Å². The van der Waals surface area contributed by atoms with Crippen LogP contribution in [0.5, 0.6) is 0 Å². The number of ether oxygens (including phenoxy) is 1. The summed E-state index contributed by atoms with van der Waals surface area (Å²) < 4.78 is 5.36. The van der Waals surface area contributed by atoms with E-state index in [2.05, 4.69) is 19.1 Å². The standard InChI is InChI=1S/C23H40O/c1-3-4-18-5-9-20(10-6-18)22-13-15-23(16-14-22)21-11-7-19(8-12-21)17-24-2/h3-4,18-23H,5-17H2,1-2H3/b4-3+. The lowest BCUT2D eigenvalue weighted by Gasteiger charge is -2.41. The van der Waals surface area contributed by atoms with Crippen molar-refractivity contribution in [1.29, 1.82) is 0 Å². The molecule has 0 radical (unpaired) electrons. The SMILES string of the molecule is C/C=C/C1CCC(C2CCC(C3CCC(COC)CC3)CC2)CC1. The molecule has 0 atom stereocenters. The second kappa shape index (κ2) is 9.41. The van der Waals surface area contributed by atoms with E-state index in [4.69, 9.17) is 4.74 Å². The highest BCUT2D eigenvalue weighted by Crippen LogP contribution is 2.45. The molecule has 3 fully saturated rings. The van der Waals surface area contributed by atoms with E-state index in [0.29, 0.717) is 0 Å². The normalized spacial score (nSPS) is 41.6. The Hall–Kier alpha value is -0.300. The van der Waals surface area contributed by atoms with Crippen LogP contribution in [0.2, 0.25) is 0 Å². The maximum Gasteiger partial charge on any atom is 0.0490 e. The number of hydrogen-bond donors (Lipinski definition) is 0. The summed E-state index contributed by atoms with van der Waals surface area (Å²) >= 11 is 0. The maximum absolute atomic E-state index is 5.36. The smallest absolute Gasteiger partial charge is 0.0490 e. The molecule has 0 amide bonds. The fourth-order valence-corrected chi connectivity index (χ4v) is 6.23. The predicted molar refractivity (Wildman–Crippen MR) is 103 cm³/mol. The van der Waals surface area contributed by atoms with Gasteiger partial charge in [-0.25, -0.2) is 0 Å². The van der Waals surface area contributed by atoms with Gasteiger partial charge in [0.1, 0.15) is 0 Å². The first-order valence-corrected chi connectivity index (χ1v) is 10.9. The lowest BCUT2D eigenvalue weighted by Crippen LogP contribution is -2.30. The van der Waals surface area contributed by atoms with Crippen LogP contribution < -0.4 is 0 Å². The quantitative estimate of drug-likeness (QED) is 0.513. The molecule has 3 saturated carbocycles. The van der Waals surface area contributed by atoms with Gasteiger partial charge in [0.25, 0.3) is 0 Å². The summed E-state index contributed by atoms with van der Waals surface area (Å²) in [5.41, 5.74) is 0. The lowest BCUT2D eigenvalue weighted by atomic mass is 9.65. The van der Waals surface area contributed by atoms with Gasteiger partial charge in [-0.05, 0) is 119 Å². The summed E-state index contributed by atoms with van der Waals surface area (Å²) in [7, 11) is 1.86. The van der Waals surface area contributed by atoms with E-state index < -0.39 is 0 Å². The Morgan fingerprint density at radius 2 is 1.08 bits per heavy atom. The van der Waals surface area contributed by atoms with Crippen LogP contribution in [0.25, 0.3) is 0 Å². The molecular formula is C23H40O. The van der Waals surface area contributed by atoms with Crippen molar-refractivity contribution in [2.45, 2.75) is 84.0 Å². The van der Waals surface area contributed by atoms with Gasteiger partial charge in [0.2, 0.25) is 0 Å². The summed E-state index contributed by atoms with van der Waals surface area (Å²) in [6, 6.07) is 0. The Kier molecular flexibility index (Phi) is 7.25. The molecule has 138 valence electrons. The van der Waals surface area contributed by atoms with Crippen molar-refractivity contribution in [3.05, 3.63) is 12.2 Å². The molecule has 0 unspecified atom stereocenters. The highest BCUT2D eigenvalue weighted by atomic mass is 16.5. The van der Waals surface area contributed by atoms with Gasteiger partial charge in [-0.3, -0.25) is 0 Å². The van der Waals surface area contributed by atoms with Crippen LogP contribution in [0.15, 0.2) is 12.2 Å². The Morgan fingerprint density at radius 1 is 0.667 bits per heavy atom. The molecule has 0 aromatic rings. The van der Waals surface area contributed by atoms with E-state index in [1.165, 1.54) is 51.4 Å². The third-order valence-electron chi connectivity index (χ3n) is 7.72. The Morgan fingerprint density at radius 3 is 1.50 bits per heavy atom. The molecule has 0 aliphatic heterocycles. The summed E-state index contributed by atoms with van der Waals surface area (Å²) in [5, 5.41) is 0. The van der Waals surface area contributed by atoms with Crippen molar-refractivity contribution in [1.82, 2.24) is 0 Å². The molecule has 24 heavy (non-hydrogen) atoms. The summed E-state index contributed by atoms with van der Waals surface area (Å²) in [6.45, 7) is 3.17. The lowest BCUT2D eigenvalue weighted by molar-refractivity contribution is 0.0820. The highest BCUT2D eigenvalue weighted by Gasteiger charge is 2.34. The maximum atomic E-state index is 5.36. The third-order valence-corrected chi connectivity index (χ3v) is 7.72. The van der Waals surface area contributed by atoms with E-state index in [1.54, 1.807) is 25.7 Å². The molecule has 0 N–H and O–H groups in total. The zero-order chi connectivity index (χ0) is 16.8. The first-order chi connectivity index (χ1) is 11.8. The minimum Gasteiger partial charge on any atom is -0.384 e. The van der Waals surface area contributed by atoms with Crippen LogP contribution >= 0.6 is 0 Å². The van der Waals surface area contributed by atoms with E-state index in [0.717, 1.165) is 42.1 Å². The number of hydrogen-bond acceptors (Lipinski definition) is 1. The summed E-state index contributed by atoms with van der Waals surface area (Å²) in [5.74, 6) is 5.98. The number of allylic oxidation sites excluding steroid dienone is 2. The van der Waals surface area contributed by atoms with Crippen molar-refractivity contribution in [3.8, 4) is 0 Å². The molecule has 3 aliphatic carbocycles. The van der Waals surface area contributed by atoms with Crippen molar-refractivity contribution in [2.75, 3.05) is 13.7 Å². The van der Waals surface area contributed by atoms with E-state index >= 15 is 0 Å². The zero-order valence-corrected chi connectivity index (χ0v) is 16.2. The first kappa shape index (κ1) is 18.5. The minimum absolute atomic E-state index is 0.856. The van der Waals surface area contributed by atoms with Crippen LogP contribution in [0.4, 0.5) is 0 Å². The average molecular weight is 333 g/mol. The Bertz CT molecular complexity index is 363. The van der Waals surface area contributed by atoms with Gasteiger partial charge in [0.15, 0.2) is 0 Å². The van der Waals surface area contributed by atoms with Gasteiger partial charge < -0.3 is 4.74 Å². The molecule has 0 aromatic carbocycles. The first-order valence-electron chi connectivity index (χ1n) is 10.9. The predicted octanol–water partition coefficient (Wildman–Crippen LogP) is 6.63. The molecule has 0 saturated heterocycles. The molecule has 1 nitrogen and oxygen atoms in total. The van der Waals surface area contributed by atoms with Crippen molar-refractivity contribution in [3.63, 3.8) is 0 Å². The largest absolute Gasteiger partial charge is 0.384 e. The minimum atomic E-state index is 0.856. The zero-order valence-electron chi connectivity index (χ0n) is 16.2. The van der Waals surface area contributed by atoms with Crippen LogP contribution in [0, 0.1) is 35.5 Å². The second-order valence-corrected chi connectivity index (χ2v) is 9.11.